The first kappa shape index (κ1) is 19.9. The summed E-state index contributed by atoms with van der Waals surface area (Å²) < 4.78 is 50.6. The normalized spacial score (nSPS) is 12.1. The first-order valence-electron chi connectivity index (χ1n) is 6.67. The van der Waals surface area contributed by atoms with Crippen LogP contribution in [0.25, 0.3) is 0 Å². The minimum Gasteiger partial charge on any atom is -0.493 e. The molecule has 0 aliphatic carbocycles. The first-order chi connectivity index (χ1) is 10.8. The molecule has 0 fully saturated rings. The molecule has 132 valence electrons. The Hall–Kier alpha value is -2.12. The zero-order valence-electron chi connectivity index (χ0n) is 13.0. The number of hydrogen-bond donors (Lipinski definition) is 1. The van der Waals surface area contributed by atoms with Crippen molar-refractivity contribution in [2.45, 2.75) is 12.4 Å². The molecular formula is C16H17ClF3NO3. The number of halogens is 4. The van der Waals surface area contributed by atoms with Crippen molar-refractivity contribution in [3.05, 3.63) is 53.6 Å². The molecule has 1 atom stereocenters. The van der Waals surface area contributed by atoms with Gasteiger partial charge in [-0.1, -0.05) is 18.2 Å². The smallest absolute Gasteiger partial charge is 0.493 e. The van der Waals surface area contributed by atoms with Gasteiger partial charge in [0.25, 0.3) is 0 Å². The van der Waals surface area contributed by atoms with Crippen LogP contribution >= 0.6 is 12.4 Å². The highest BCUT2D eigenvalue weighted by Crippen LogP contribution is 2.32. The second kappa shape index (κ2) is 8.12. The molecule has 0 aliphatic heterocycles. The number of nitrogens with two attached hydrogens (primary N) is 1. The van der Waals surface area contributed by atoms with Crippen molar-refractivity contribution in [2.24, 2.45) is 5.73 Å². The Balaban J connectivity index is 0.00000288. The van der Waals surface area contributed by atoms with Crippen LogP contribution in [0.4, 0.5) is 13.2 Å². The van der Waals surface area contributed by atoms with Gasteiger partial charge in [-0.2, -0.15) is 0 Å². The Bertz CT molecular complexity index is 663. The van der Waals surface area contributed by atoms with Gasteiger partial charge in [-0.05, 0) is 35.4 Å². The van der Waals surface area contributed by atoms with Crippen LogP contribution in [0.15, 0.2) is 42.5 Å². The van der Waals surface area contributed by atoms with Gasteiger partial charge in [-0.25, -0.2) is 0 Å². The highest BCUT2D eigenvalue weighted by Gasteiger charge is 2.31. The molecule has 4 nitrogen and oxygen atoms in total. The van der Waals surface area contributed by atoms with E-state index in [4.69, 9.17) is 15.2 Å². The number of benzene rings is 2. The lowest BCUT2D eigenvalue weighted by atomic mass is 9.99. The molecule has 0 spiro atoms. The molecular weight excluding hydrogens is 347 g/mol. The molecule has 8 heteroatoms. The standard InChI is InChI=1S/C16H16F3NO3.ClH/c1-21-13-8-5-11(9-14(13)22-2)15(20)10-3-6-12(7-4-10)23-16(17,18)19;/h3-9,15H,20H2,1-2H3;1H/t15-;/m1./s1. The van der Waals surface area contributed by atoms with E-state index in [1.807, 2.05) is 0 Å². The van der Waals surface area contributed by atoms with Crippen LogP contribution in [-0.4, -0.2) is 20.6 Å². The molecule has 0 saturated heterocycles. The lowest BCUT2D eigenvalue weighted by molar-refractivity contribution is -0.274. The van der Waals surface area contributed by atoms with Gasteiger partial charge in [0.2, 0.25) is 0 Å². The summed E-state index contributed by atoms with van der Waals surface area (Å²) in [5.41, 5.74) is 7.54. The Morgan fingerprint density at radius 1 is 0.875 bits per heavy atom. The van der Waals surface area contributed by atoms with Crippen LogP contribution in [0, 0.1) is 0 Å². The van der Waals surface area contributed by atoms with Crippen LogP contribution in [0.1, 0.15) is 17.2 Å². The molecule has 0 aliphatic rings. The van der Waals surface area contributed by atoms with Gasteiger partial charge in [0.1, 0.15) is 5.75 Å². The van der Waals surface area contributed by atoms with Gasteiger partial charge in [-0.15, -0.1) is 25.6 Å². The minimum atomic E-state index is -4.72. The third-order valence-corrected chi connectivity index (χ3v) is 3.24. The Morgan fingerprint density at radius 3 is 1.92 bits per heavy atom. The Labute approximate surface area is 143 Å². The number of methoxy groups -OCH3 is 2. The molecule has 2 aromatic rings. The highest BCUT2D eigenvalue weighted by atomic mass is 35.5. The zero-order valence-corrected chi connectivity index (χ0v) is 13.8. The fourth-order valence-corrected chi connectivity index (χ4v) is 2.12. The predicted molar refractivity (Wildman–Crippen MR) is 85.9 cm³/mol. The summed E-state index contributed by atoms with van der Waals surface area (Å²) in [7, 11) is 3.03. The molecule has 0 unspecified atom stereocenters. The number of hydrogen-bond acceptors (Lipinski definition) is 4. The third-order valence-electron chi connectivity index (χ3n) is 3.24. The van der Waals surface area contributed by atoms with Gasteiger partial charge in [0.15, 0.2) is 11.5 Å². The first-order valence-corrected chi connectivity index (χ1v) is 6.67. The fraction of sp³-hybridized carbons (Fsp3) is 0.250. The topological polar surface area (TPSA) is 53.7 Å². The third kappa shape index (κ3) is 4.94. The predicted octanol–water partition coefficient (Wildman–Crippen LogP) is 4.07. The van der Waals surface area contributed by atoms with Crippen molar-refractivity contribution in [3.8, 4) is 17.2 Å². The number of rotatable bonds is 5. The van der Waals surface area contributed by atoms with E-state index in [1.165, 1.54) is 38.5 Å². The highest BCUT2D eigenvalue weighted by molar-refractivity contribution is 5.85. The molecule has 0 heterocycles. The van der Waals surface area contributed by atoms with Gasteiger partial charge < -0.3 is 19.9 Å². The maximum absolute atomic E-state index is 12.1. The summed E-state index contributed by atoms with van der Waals surface area (Å²) in [4.78, 5) is 0. The van der Waals surface area contributed by atoms with Gasteiger partial charge >= 0.3 is 6.36 Å². The van der Waals surface area contributed by atoms with E-state index in [1.54, 1.807) is 18.2 Å². The van der Waals surface area contributed by atoms with Crippen molar-refractivity contribution in [1.82, 2.24) is 0 Å². The van der Waals surface area contributed by atoms with E-state index in [9.17, 15) is 13.2 Å². The summed E-state index contributed by atoms with van der Waals surface area (Å²) in [5.74, 6) is 0.801. The van der Waals surface area contributed by atoms with Gasteiger partial charge in [-0.3, -0.25) is 0 Å². The van der Waals surface area contributed by atoms with Crippen molar-refractivity contribution in [1.29, 1.82) is 0 Å². The molecule has 0 saturated carbocycles. The second-order valence-electron chi connectivity index (χ2n) is 4.71. The molecule has 24 heavy (non-hydrogen) atoms. The Morgan fingerprint density at radius 2 is 1.42 bits per heavy atom. The van der Waals surface area contributed by atoms with Crippen molar-refractivity contribution >= 4 is 12.4 Å². The summed E-state index contributed by atoms with van der Waals surface area (Å²) >= 11 is 0. The molecule has 0 radical (unpaired) electrons. The molecule has 0 aromatic heterocycles. The molecule has 0 bridgehead atoms. The van der Waals surface area contributed by atoms with E-state index < -0.39 is 12.4 Å². The summed E-state index contributed by atoms with van der Waals surface area (Å²) in [6, 6.07) is 10.1. The van der Waals surface area contributed by atoms with Crippen LogP contribution in [0.2, 0.25) is 0 Å². The lowest BCUT2D eigenvalue weighted by Crippen LogP contribution is -2.17. The van der Waals surface area contributed by atoms with E-state index in [2.05, 4.69) is 4.74 Å². The van der Waals surface area contributed by atoms with Crippen molar-refractivity contribution in [2.75, 3.05) is 14.2 Å². The Kier molecular flexibility index (Phi) is 6.74. The molecule has 2 aromatic carbocycles. The maximum atomic E-state index is 12.1. The van der Waals surface area contributed by atoms with Gasteiger partial charge in [0, 0.05) is 0 Å². The maximum Gasteiger partial charge on any atom is 0.573 e. The van der Waals surface area contributed by atoms with E-state index in [0.29, 0.717) is 17.1 Å². The molecule has 0 amide bonds. The number of ether oxygens (including phenoxy) is 3. The second-order valence-corrected chi connectivity index (χ2v) is 4.71. The van der Waals surface area contributed by atoms with Crippen LogP contribution in [0.3, 0.4) is 0 Å². The summed E-state index contributed by atoms with van der Waals surface area (Å²) in [6.07, 6.45) is -4.72. The van der Waals surface area contributed by atoms with Crippen LogP contribution < -0.4 is 19.9 Å². The van der Waals surface area contributed by atoms with Crippen molar-refractivity contribution < 1.29 is 27.4 Å². The average Bonchev–Trinajstić information content (AvgIpc) is 2.52. The fourth-order valence-electron chi connectivity index (χ4n) is 2.12. The molecule has 2 N–H and O–H groups in total. The SMILES string of the molecule is COc1ccc([C@H](N)c2ccc(OC(F)(F)F)cc2)cc1OC.Cl. The summed E-state index contributed by atoms with van der Waals surface area (Å²) in [6.45, 7) is 0. The van der Waals surface area contributed by atoms with Gasteiger partial charge in [0.05, 0.1) is 20.3 Å². The average molecular weight is 364 g/mol. The van der Waals surface area contributed by atoms with Crippen molar-refractivity contribution in [3.63, 3.8) is 0 Å². The quantitative estimate of drug-likeness (QED) is 0.870. The van der Waals surface area contributed by atoms with Crippen LogP contribution in [0.5, 0.6) is 17.2 Å². The minimum absolute atomic E-state index is 0. The summed E-state index contributed by atoms with van der Waals surface area (Å²) in [5, 5.41) is 0. The lowest BCUT2D eigenvalue weighted by Gasteiger charge is -2.16. The van der Waals surface area contributed by atoms with E-state index in [0.717, 1.165) is 5.56 Å². The monoisotopic (exact) mass is 363 g/mol. The largest absolute Gasteiger partial charge is 0.573 e. The van der Waals surface area contributed by atoms with Crippen LogP contribution in [-0.2, 0) is 0 Å². The number of alkyl halides is 3. The van der Waals surface area contributed by atoms with E-state index >= 15 is 0 Å². The molecule has 2 rings (SSSR count). The van der Waals surface area contributed by atoms with E-state index in [-0.39, 0.29) is 18.2 Å². The zero-order chi connectivity index (χ0) is 17.0.